The van der Waals surface area contributed by atoms with Gasteiger partial charge in [-0.05, 0) is 56.7 Å². The molecule has 1 rings (SSSR count). The molecule has 1 amide bonds. The van der Waals surface area contributed by atoms with Crippen molar-refractivity contribution in [2.75, 3.05) is 18.0 Å². The smallest absolute Gasteiger partial charge is 0.226 e. The molecule has 1 aromatic carbocycles. The van der Waals surface area contributed by atoms with Crippen LogP contribution in [-0.4, -0.2) is 19.0 Å². The van der Waals surface area contributed by atoms with E-state index < -0.39 is 0 Å². The van der Waals surface area contributed by atoms with Crippen LogP contribution in [-0.2, 0) is 11.2 Å². The Morgan fingerprint density at radius 1 is 1.12 bits per heavy atom. The number of nitrogens with zero attached hydrogens (tertiary/aromatic N) is 1. The molecule has 0 unspecified atom stereocenters. The van der Waals surface area contributed by atoms with Crippen molar-refractivity contribution in [3.8, 4) is 0 Å². The second kappa shape index (κ2) is 8.91. The van der Waals surface area contributed by atoms with E-state index in [1.54, 1.807) is 6.92 Å². The number of hydrogen-bond acceptors (Lipinski definition) is 2. The lowest BCUT2D eigenvalue weighted by Crippen LogP contribution is -2.33. The number of carbonyl (C=O) groups is 1. The standard InChI is InChI=1S/C21H33N2O/c1-16(2)12-14-23(15-17(3)20(22)24)19-9-7-18(8-10-19)11-13-21(4,5)6/h7-10,12H,11,13-15H2,1-6H3,(H2,22,24). The van der Waals surface area contributed by atoms with E-state index >= 15 is 0 Å². The number of benzene rings is 1. The topological polar surface area (TPSA) is 46.3 Å². The zero-order valence-corrected chi connectivity index (χ0v) is 16.1. The molecule has 0 aliphatic carbocycles. The Labute approximate surface area is 147 Å². The van der Waals surface area contributed by atoms with Gasteiger partial charge in [-0.25, -0.2) is 0 Å². The van der Waals surface area contributed by atoms with E-state index in [4.69, 9.17) is 5.73 Å². The van der Waals surface area contributed by atoms with E-state index in [1.165, 1.54) is 17.6 Å². The first-order valence-corrected chi connectivity index (χ1v) is 8.68. The third-order valence-corrected chi connectivity index (χ3v) is 4.03. The molecule has 0 spiro atoms. The molecule has 0 saturated carbocycles. The molecule has 3 nitrogen and oxygen atoms in total. The van der Waals surface area contributed by atoms with Crippen LogP contribution >= 0.6 is 0 Å². The van der Waals surface area contributed by atoms with Crippen LogP contribution in [0.4, 0.5) is 5.69 Å². The van der Waals surface area contributed by atoms with Gasteiger partial charge in [0.2, 0.25) is 5.91 Å². The monoisotopic (exact) mass is 329 g/mol. The van der Waals surface area contributed by atoms with Crippen molar-refractivity contribution in [1.29, 1.82) is 0 Å². The van der Waals surface area contributed by atoms with Crippen molar-refractivity contribution < 1.29 is 4.79 Å². The molecule has 0 aromatic heterocycles. The molecule has 2 N–H and O–H groups in total. The number of anilines is 1. The fourth-order valence-corrected chi connectivity index (χ4v) is 2.31. The van der Waals surface area contributed by atoms with Crippen molar-refractivity contribution in [2.24, 2.45) is 11.1 Å². The van der Waals surface area contributed by atoms with Gasteiger partial charge in [-0.2, -0.15) is 0 Å². The van der Waals surface area contributed by atoms with Gasteiger partial charge in [0.25, 0.3) is 0 Å². The molecule has 0 aliphatic heterocycles. The third kappa shape index (κ3) is 7.67. The van der Waals surface area contributed by atoms with E-state index in [0.29, 0.717) is 17.9 Å². The van der Waals surface area contributed by atoms with Crippen LogP contribution in [0.15, 0.2) is 35.9 Å². The van der Waals surface area contributed by atoms with Gasteiger partial charge in [-0.3, -0.25) is 4.79 Å². The van der Waals surface area contributed by atoms with Crippen molar-refractivity contribution >= 4 is 11.6 Å². The summed E-state index contributed by atoms with van der Waals surface area (Å²) in [5, 5.41) is 0. The fourth-order valence-electron chi connectivity index (χ4n) is 2.31. The highest BCUT2D eigenvalue weighted by atomic mass is 16.1. The largest absolute Gasteiger partial charge is 0.369 e. The van der Waals surface area contributed by atoms with Crippen LogP contribution in [0.2, 0.25) is 0 Å². The van der Waals surface area contributed by atoms with Crippen molar-refractivity contribution in [3.05, 3.63) is 47.4 Å². The average molecular weight is 330 g/mol. The number of primary amides is 1. The summed E-state index contributed by atoms with van der Waals surface area (Å²) in [6, 6.07) is 8.67. The lowest BCUT2D eigenvalue weighted by atomic mass is 9.89. The Morgan fingerprint density at radius 2 is 1.71 bits per heavy atom. The van der Waals surface area contributed by atoms with Gasteiger partial charge >= 0.3 is 0 Å². The number of amides is 1. The van der Waals surface area contributed by atoms with Gasteiger partial charge in [0.1, 0.15) is 0 Å². The molecule has 3 heteroatoms. The number of rotatable bonds is 8. The number of aryl methyl sites for hydroxylation is 1. The van der Waals surface area contributed by atoms with Gasteiger partial charge in [0.05, 0.1) is 5.92 Å². The van der Waals surface area contributed by atoms with Gasteiger partial charge < -0.3 is 10.6 Å². The maximum Gasteiger partial charge on any atom is 0.226 e. The molecule has 24 heavy (non-hydrogen) atoms. The van der Waals surface area contributed by atoms with E-state index in [0.717, 1.165) is 18.7 Å². The molecule has 0 atom stereocenters. The number of nitrogens with two attached hydrogens (primary N) is 1. The van der Waals surface area contributed by atoms with Crippen molar-refractivity contribution in [1.82, 2.24) is 0 Å². The van der Waals surface area contributed by atoms with Crippen LogP contribution in [0.3, 0.4) is 0 Å². The van der Waals surface area contributed by atoms with Crippen LogP contribution < -0.4 is 10.6 Å². The van der Waals surface area contributed by atoms with Crippen LogP contribution in [0.25, 0.3) is 0 Å². The number of hydrogen-bond donors (Lipinski definition) is 1. The van der Waals surface area contributed by atoms with Crippen LogP contribution in [0, 0.1) is 11.3 Å². The summed E-state index contributed by atoms with van der Waals surface area (Å²) in [6.45, 7) is 14.1. The molecule has 0 bridgehead atoms. The summed E-state index contributed by atoms with van der Waals surface area (Å²) < 4.78 is 0. The number of allylic oxidation sites excluding steroid dienone is 1. The first kappa shape index (κ1) is 20.3. The fraction of sp³-hybridized carbons (Fsp3) is 0.524. The average Bonchev–Trinajstić information content (AvgIpc) is 2.48. The molecule has 0 saturated heterocycles. The highest BCUT2D eigenvalue weighted by molar-refractivity contribution is 5.88. The quantitative estimate of drug-likeness (QED) is 0.713. The van der Waals surface area contributed by atoms with Gasteiger partial charge in [-0.15, -0.1) is 0 Å². The molecule has 1 aromatic rings. The second-order valence-electron chi connectivity index (χ2n) is 8.03. The molecule has 0 aliphatic rings. The minimum atomic E-state index is -0.334. The van der Waals surface area contributed by atoms with Crippen LogP contribution in [0.1, 0.15) is 53.5 Å². The van der Waals surface area contributed by atoms with E-state index in [1.807, 2.05) is 0 Å². The molecule has 1 radical (unpaired) electrons. The Bertz CT molecular complexity index is 548. The molecular formula is C21H33N2O. The SMILES string of the molecule is C[C](CN(CC=C(C)C)c1ccc(CCC(C)(C)C)cc1)C(N)=O. The minimum Gasteiger partial charge on any atom is -0.369 e. The van der Waals surface area contributed by atoms with Gasteiger partial charge in [0, 0.05) is 18.8 Å². The first-order chi connectivity index (χ1) is 11.1. The van der Waals surface area contributed by atoms with Gasteiger partial charge in [0.15, 0.2) is 0 Å². The van der Waals surface area contributed by atoms with E-state index in [-0.39, 0.29) is 5.91 Å². The zero-order valence-electron chi connectivity index (χ0n) is 16.1. The summed E-state index contributed by atoms with van der Waals surface area (Å²) >= 11 is 0. The van der Waals surface area contributed by atoms with Crippen molar-refractivity contribution in [3.63, 3.8) is 0 Å². The number of carbonyl (C=O) groups excluding carboxylic acids is 1. The molecule has 0 heterocycles. The normalized spacial score (nSPS) is 11.5. The van der Waals surface area contributed by atoms with Crippen LogP contribution in [0.5, 0.6) is 0 Å². The summed E-state index contributed by atoms with van der Waals surface area (Å²) in [4.78, 5) is 13.6. The second-order valence-corrected chi connectivity index (χ2v) is 8.03. The first-order valence-electron chi connectivity index (χ1n) is 8.68. The van der Waals surface area contributed by atoms with Gasteiger partial charge in [-0.1, -0.05) is 44.6 Å². The zero-order chi connectivity index (χ0) is 18.3. The lowest BCUT2D eigenvalue weighted by molar-refractivity contribution is -0.116. The Hall–Kier alpha value is -1.77. The Morgan fingerprint density at radius 3 is 2.17 bits per heavy atom. The maximum atomic E-state index is 11.4. The molecule has 0 fully saturated rings. The summed E-state index contributed by atoms with van der Waals surface area (Å²) in [5.41, 5.74) is 9.49. The minimum absolute atomic E-state index is 0.334. The summed E-state index contributed by atoms with van der Waals surface area (Å²) in [7, 11) is 0. The predicted molar refractivity (Wildman–Crippen MR) is 104 cm³/mol. The maximum absolute atomic E-state index is 11.4. The highest BCUT2D eigenvalue weighted by Crippen LogP contribution is 2.23. The predicted octanol–water partition coefficient (Wildman–Crippen LogP) is 4.52. The molecule has 133 valence electrons. The highest BCUT2D eigenvalue weighted by Gasteiger charge is 2.16. The van der Waals surface area contributed by atoms with Crippen molar-refractivity contribution in [2.45, 2.75) is 54.4 Å². The molecular weight excluding hydrogens is 296 g/mol. The Balaban J connectivity index is 2.85. The summed E-state index contributed by atoms with van der Waals surface area (Å²) in [6.07, 6.45) is 4.42. The third-order valence-electron chi connectivity index (χ3n) is 4.03. The van der Waals surface area contributed by atoms with E-state index in [9.17, 15) is 4.79 Å². The Kier molecular flexibility index (Phi) is 7.53. The summed E-state index contributed by atoms with van der Waals surface area (Å²) in [5.74, 6) is 0.341. The lowest BCUT2D eigenvalue weighted by Gasteiger charge is -2.26. The van der Waals surface area contributed by atoms with E-state index in [2.05, 4.69) is 69.9 Å².